The summed E-state index contributed by atoms with van der Waals surface area (Å²) in [5.74, 6) is 0.0590. The Labute approximate surface area is 110 Å². The fraction of sp³-hybridized carbons (Fsp3) is 0.533. The standard InChI is InChI=1S/C15H24N2O/c1-6-17(12-10-8-7-9-11-12)13(18)14(2,3)15(4,5)16/h7-11H,6,16H2,1-5H3. The Balaban J connectivity index is 3.08. The van der Waals surface area contributed by atoms with Crippen LogP contribution in [0.25, 0.3) is 0 Å². The maximum absolute atomic E-state index is 12.7. The lowest BCUT2D eigenvalue weighted by Gasteiger charge is -2.40. The Hall–Kier alpha value is -1.35. The zero-order valence-corrected chi connectivity index (χ0v) is 12.0. The molecule has 0 bridgehead atoms. The highest BCUT2D eigenvalue weighted by Gasteiger charge is 2.42. The summed E-state index contributed by atoms with van der Waals surface area (Å²) in [6.45, 7) is 10.2. The number of para-hydroxylation sites is 1. The average Bonchev–Trinajstić information content (AvgIpc) is 2.29. The first-order valence-corrected chi connectivity index (χ1v) is 6.37. The Morgan fingerprint density at radius 1 is 1.17 bits per heavy atom. The predicted molar refractivity (Wildman–Crippen MR) is 76.5 cm³/mol. The zero-order chi connectivity index (χ0) is 14.0. The van der Waals surface area contributed by atoms with Gasteiger partial charge in [-0.2, -0.15) is 0 Å². The molecule has 0 heterocycles. The summed E-state index contributed by atoms with van der Waals surface area (Å²) < 4.78 is 0. The van der Waals surface area contributed by atoms with E-state index in [9.17, 15) is 4.79 Å². The van der Waals surface area contributed by atoms with E-state index in [1.807, 2.05) is 65.0 Å². The molecule has 18 heavy (non-hydrogen) atoms. The highest BCUT2D eigenvalue weighted by atomic mass is 16.2. The topological polar surface area (TPSA) is 46.3 Å². The molecule has 3 heteroatoms. The quantitative estimate of drug-likeness (QED) is 0.890. The van der Waals surface area contributed by atoms with Gasteiger partial charge in [-0.15, -0.1) is 0 Å². The van der Waals surface area contributed by atoms with E-state index in [-0.39, 0.29) is 5.91 Å². The van der Waals surface area contributed by atoms with Gasteiger partial charge in [0.25, 0.3) is 0 Å². The Morgan fingerprint density at radius 2 is 1.67 bits per heavy atom. The lowest BCUT2D eigenvalue weighted by molar-refractivity contribution is -0.129. The smallest absolute Gasteiger partial charge is 0.234 e. The van der Waals surface area contributed by atoms with Gasteiger partial charge >= 0.3 is 0 Å². The van der Waals surface area contributed by atoms with Gasteiger partial charge in [0.1, 0.15) is 0 Å². The number of hydrogen-bond acceptors (Lipinski definition) is 2. The number of benzene rings is 1. The van der Waals surface area contributed by atoms with Crippen molar-refractivity contribution in [3.63, 3.8) is 0 Å². The van der Waals surface area contributed by atoms with Gasteiger partial charge in [-0.05, 0) is 46.8 Å². The van der Waals surface area contributed by atoms with Gasteiger partial charge in [-0.1, -0.05) is 18.2 Å². The van der Waals surface area contributed by atoms with Crippen LogP contribution in [0.4, 0.5) is 5.69 Å². The van der Waals surface area contributed by atoms with Crippen LogP contribution in [-0.2, 0) is 4.79 Å². The molecule has 100 valence electrons. The number of carbonyl (C=O) groups excluding carboxylic acids is 1. The maximum Gasteiger partial charge on any atom is 0.234 e. The summed E-state index contributed by atoms with van der Waals surface area (Å²) in [6.07, 6.45) is 0. The van der Waals surface area contributed by atoms with Crippen LogP contribution < -0.4 is 10.6 Å². The van der Waals surface area contributed by atoms with Crippen LogP contribution in [0.1, 0.15) is 34.6 Å². The fourth-order valence-electron chi connectivity index (χ4n) is 1.66. The monoisotopic (exact) mass is 248 g/mol. The van der Waals surface area contributed by atoms with Crippen molar-refractivity contribution in [2.45, 2.75) is 40.2 Å². The Kier molecular flexibility index (Phi) is 4.17. The molecule has 0 radical (unpaired) electrons. The van der Waals surface area contributed by atoms with Crippen LogP contribution >= 0.6 is 0 Å². The van der Waals surface area contributed by atoms with Crippen LogP contribution in [0.15, 0.2) is 30.3 Å². The molecule has 0 saturated carbocycles. The summed E-state index contributed by atoms with van der Waals surface area (Å²) in [6, 6.07) is 9.71. The first-order valence-electron chi connectivity index (χ1n) is 6.37. The lowest BCUT2D eigenvalue weighted by atomic mass is 9.74. The van der Waals surface area contributed by atoms with Gasteiger partial charge in [0.15, 0.2) is 0 Å². The van der Waals surface area contributed by atoms with Crippen molar-refractivity contribution in [1.82, 2.24) is 0 Å². The molecular formula is C15H24N2O. The second-order valence-electron chi connectivity index (χ2n) is 5.73. The van der Waals surface area contributed by atoms with Gasteiger partial charge in [-0.3, -0.25) is 4.79 Å². The number of amides is 1. The van der Waals surface area contributed by atoms with E-state index in [0.29, 0.717) is 6.54 Å². The predicted octanol–water partition coefficient (Wildman–Crippen LogP) is 2.80. The Morgan fingerprint density at radius 3 is 2.06 bits per heavy atom. The van der Waals surface area contributed by atoms with E-state index in [2.05, 4.69) is 0 Å². The number of hydrogen-bond donors (Lipinski definition) is 1. The van der Waals surface area contributed by atoms with Crippen molar-refractivity contribution >= 4 is 11.6 Å². The van der Waals surface area contributed by atoms with Gasteiger partial charge in [-0.25, -0.2) is 0 Å². The average molecular weight is 248 g/mol. The number of anilines is 1. The minimum atomic E-state index is -0.612. The number of nitrogens with two attached hydrogens (primary N) is 1. The van der Waals surface area contributed by atoms with Gasteiger partial charge < -0.3 is 10.6 Å². The number of carbonyl (C=O) groups is 1. The van der Waals surface area contributed by atoms with Crippen LogP contribution in [0.2, 0.25) is 0 Å². The molecule has 0 aliphatic rings. The molecule has 0 saturated heterocycles. The van der Waals surface area contributed by atoms with Crippen LogP contribution in [0, 0.1) is 5.41 Å². The van der Waals surface area contributed by atoms with Crippen LogP contribution in [0.5, 0.6) is 0 Å². The summed E-state index contributed by atoms with van der Waals surface area (Å²) in [5.41, 5.74) is 5.88. The Bertz CT molecular complexity index is 404. The number of rotatable bonds is 4. The van der Waals surface area contributed by atoms with E-state index < -0.39 is 11.0 Å². The van der Waals surface area contributed by atoms with Gasteiger partial charge in [0.2, 0.25) is 5.91 Å². The normalized spacial score (nSPS) is 12.3. The third-order valence-corrected chi connectivity index (χ3v) is 3.77. The molecular weight excluding hydrogens is 224 g/mol. The third kappa shape index (κ3) is 2.72. The molecule has 0 spiro atoms. The van der Waals surface area contributed by atoms with E-state index in [1.54, 1.807) is 4.90 Å². The fourth-order valence-corrected chi connectivity index (χ4v) is 1.66. The van der Waals surface area contributed by atoms with Crippen LogP contribution in [-0.4, -0.2) is 18.0 Å². The molecule has 3 nitrogen and oxygen atoms in total. The molecule has 2 N–H and O–H groups in total. The van der Waals surface area contributed by atoms with Crippen molar-refractivity contribution in [3.05, 3.63) is 30.3 Å². The molecule has 0 unspecified atom stereocenters. The summed E-state index contributed by atoms with van der Waals surface area (Å²) in [5, 5.41) is 0. The summed E-state index contributed by atoms with van der Waals surface area (Å²) in [7, 11) is 0. The highest BCUT2D eigenvalue weighted by molar-refractivity contribution is 5.98. The van der Waals surface area contributed by atoms with Gasteiger partial charge in [0, 0.05) is 17.8 Å². The maximum atomic E-state index is 12.7. The minimum absolute atomic E-state index is 0.0590. The largest absolute Gasteiger partial charge is 0.325 e. The number of nitrogens with zero attached hydrogens (tertiary/aromatic N) is 1. The molecule has 1 aromatic rings. The minimum Gasteiger partial charge on any atom is -0.325 e. The molecule has 1 amide bonds. The van der Waals surface area contributed by atoms with Crippen molar-refractivity contribution in [2.75, 3.05) is 11.4 Å². The van der Waals surface area contributed by atoms with E-state index in [4.69, 9.17) is 5.73 Å². The lowest BCUT2D eigenvalue weighted by Crippen LogP contribution is -2.56. The first kappa shape index (κ1) is 14.7. The van der Waals surface area contributed by atoms with Crippen molar-refractivity contribution in [1.29, 1.82) is 0 Å². The summed E-state index contributed by atoms with van der Waals surface area (Å²) >= 11 is 0. The van der Waals surface area contributed by atoms with Crippen molar-refractivity contribution in [3.8, 4) is 0 Å². The zero-order valence-electron chi connectivity index (χ0n) is 12.0. The molecule has 0 aromatic heterocycles. The molecule has 1 aromatic carbocycles. The molecule has 0 aliphatic heterocycles. The SMILES string of the molecule is CCN(C(=O)C(C)(C)C(C)(C)N)c1ccccc1. The summed E-state index contributed by atoms with van der Waals surface area (Å²) in [4.78, 5) is 14.5. The van der Waals surface area contributed by atoms with Crippen LogP contribution in [0.3, 0.4) is 0 Å². The first-order chi connectivity index (χ1) is 8.21. The molecule has 0 aliphatic carbocycles. The van der Waals surface area contributed by atoms with Gasteiger partial charge in [0.05, 0.1) is 5.41 Å². The second-order valence-corrected chi connectivity index (χ2v) is 5.73. The second kappa shape index (κ2) is 5.11. The van der Waals surface area contributed by atoms with E-state index in [0.717, 1.165) is 5.69 Å². The molecule has 0 fully saturated rings. The van der Waals surface area contributed by atoms with E-state index in [1.165, 1.54) is 0 Å². The van der Waals surface area contributed by atoms with Crippen molar-refractivity contribution < 1.29 is 4.79 Å². The molecule has 1 rings (SSSR count). The van der Waals surface area contributed by atoms with Crippen molar-refractivity contribution in [2.24, 2.45) is 11.1 Å². The highest BCUT2D eigenvalue weighted by Crippen LogP contribution is 2.32. The third-order valence-electron chi connectivity index (χ3n) is 3.77. The van der Waals surface area contributed by atoms with E-state index >= 15 is 0 Å². The molecule has 0 atom stereocenters.